The number of rotatable bonds is 6. The molecule has 0 aliphatic rings. The van der Waals surface area contributed by atoms with Gasteiger partial charge in [0.05, 0.1) is 32.6 Å². The molecule has 0 atom stereocenters. The number of aromatic hydroxyl groups is 1. The van der Waals surface area contributed by atoms with Crippen molar-refractivity contribution in [1.82, 2.24) is 9.55 Å². The number of aromatic nitrogens is 2. The van der Waals surface area contributed by atoms with Crippen LogP contribution >= 0.6 is 0 Å². The Morgan fingerprint density at radius 2 is 1.71 bits per heavy atom. The first kappa shape index (κ1) is 19.1. The van der Waals surface area contributed by atoms with E-state index in [-0.39, 0.29) is 12.0 Å². The van der Waals surface area contributed by atoms with Crippen LogP contribution in [0.2, 0.25) is 0 Å². The minimum absolute atomic E-state index is 0.0506. The van der Waals surface area contributed by atoms with Crippen LogP contribution in [0.5, 0.6) is 23.1 Å². The van der Waals surface area contributed by atoms with Crippen LogP contribution in [0.15, 0.2) is 52.1 Å². The number of hydrogen-bond donors (Lipinski definition) is 2. The van der Waals surface area contributed by atoms with Crippen molar-refractivity contribution in [2.75, 3.05) is 21.3 Å². The monoisotopic (exact) mass is 384 g/mol. The summed E-state index contributed by atoms with van der Waals surface area (Å²) in [5.74, 6) is 1.12. The van der Waals surface area contributed by atoms with E-state index >= 15 is 0 Å². The normalized spacial score (nSPS) is 10.5. The summed E-state index contributed by atoms with van der Waals surface area (Å²) < 4.78 is 16.7. The fourth-order valence-electron chi connectivity index (χ4n) is 2.90. The number of nitrogens with zero attached hydrogens (tertiary/aromatic N) is 1. The lowest BCUT2D eigenvalue weighted by Crippen LogP contribution is -2.31. The highest BCUT2D eigenvalue weighted by Gasteiger charge is 2.17. The number of nitrogens with one attached hydrogen (secondary N) is 1. The molecule has 1 aromatic heterocycles. The number of benzene rings is 2. The summed E-state index contributed by atoms with van der Waals surface area (Å²) in [7, 11) is 4.53. The fourth-order valence-corrected chi connectivity index (χ4v) is 2.90. The minimum atomic E-state index is -0.744. The fraction of sp³-hybridized carbons (Fsp3) is 0.200. The first-order valence-corrected chi connectivity index (χ1v) is 8.41. The van der Waals surface area contributed by atoms with Crippen molar-refractivity contribution in [3.8, 4) is 28.8 Å². The minimum Gasteiger partial charge on any atom is -0.497 e. The van der Waals surface area contributed by atoms with Gasteiger partial charge in [0.15, 0.2) is 11.5 Å². The van der Waals surface area contributed by atoms with E-state index in [0.717, 1.165) is 4.57 Å². The molecule has 3 rings (SSSR count). The van der Waals surface area contributed by atoms with Crippen LogP contribution in [-0.4, -0.2) is 36.0 Å². The lowest BCUT2D eigenvalue weighted by atomic mass is 10.1. The summed E-state index contributed by atoms with van der Waals surface area (Å²) in [6.45, 7) is 0. The van der Waals surface area contributed by atoms with Crippen LogP contribution in [0.4, 0.5) is 0 Å². The maximum Gasteiger partial charge on any atom is 0.335 e. The van der Waals surface area contributed by atoms with Gasteiger partial charge in [-0.1, -0.05) is 12.1 Å². The van der Waals surface area contributed by atoms with Gasteiger partial charge in [0.2, 0.25) is 5.88 Å². The Kier molecular flexibility index (Phi) is 5.39. The van der Waals surface area contributed by atoms with E-state index in [4.69, 9.17) is 14.2 Å². The summed E-state index contributed by atoms with van der Waals surface area (Å²) in [4.78, 5) is 26.9. The molecule has 0 radical (unpaired) electrons. The third kappa shape index (κ3) is 3.57. The molecular formula is C20H20N2O6. The lowest BCUT2D eigenvalue weighted by molar-refractivity contribution is 0.354. The van der Waals surface area contributed by atoms with Crippen molar-refractivity contribution in [2.45, 2.75) is 6.42 Å². The van der Waals surface area contributed by atoms with Crippen molar-refractivity contribution in [1.29, 1.82) is 0 Å². The molecule has 0 amide bonds. The average molecular weight is 384 g/mol. The van der Waals surface area contributed by atoms with Gasteiger partial charge in [0.1, 0.15) is 5.75 Å². The maximum atomic E-state index is 12.3. The van der Waals surface area contributed by atoms with Crippen LogP contribution in [-0.2, 0) is 6.42 Å². The Morgan fingerprint density at radius 3 is 2.39 bits per heavy atom. The molecule has 1 heterocycles. The molecule has 0 fully saturated rings. The number of hydrogen-bond acceptors (Lipinski definition) is 6. The molecular weight excluding hydrogens is 364 g/mol. The van der Waals surface area contributed by atoms with Gasteiger partial charge in [-0.25, -0.2) is 9.36 Å². The molecule has 0 aliphatic heterocycles. The van der Waals surface area contributed by atoms with Gasteiger partial charge in [0, 0.05) is 12.5 Å². The number of aromatic amines is 1. The maximum absolute atomic E-state index is 12.3. The molecule has 2 N–H and O–H groups in total. The van der Waals surface area contributed by atoms with Crippen molar-refractivity contribution >= 4 is 0 Å². The van der Waals surface area contributed by atoms with Gasteiger partial charge in [-0.2, -0.15) is 0 Å². The van der Waals surface area contributed by atoms with Gasteiger partial charge in [0.25, 0.3) is 5.56 Å². The highest BCUT2D eigenvalue weighted by Crippen LogP contribution is 2.29. The summed E-state index contributed by atoms with van der Waals surface area (Å²) in [5, 5.41) is 10.7. The zero-order valence-corrected chi connectivity index (χ0v) is 15.7. The molecule has 0 saturated carbocycles. The van der Waals surface area contributed by atoms with Crippen molar-refractivity contribution in [3.63, 3.8) is 0 Å². The van der Waals surface area contributed by atoms with E-state index in [1.165, 1.54) is 21.3 Å². The molecule has 0 bridgehead atoms. The first-order valence-electron chi connectivity index (χ1n) is 8.41. The van der Waals surface area contributed by atoms with Crippen molar-refractivity contribution in [2.24, 2.45) is 0 Å². The van der Waals surface area contributed by atoms with Gasteiger partial charge < -0.3 is 19.3 Å². The topological polar surface area (TPSA) is 103 Å². The molecule has 0 saturated heterocycles. The molecule has 28 heavy (non-hydrogen) atoms. The second-order valence-corrected chi connectivity index (χ2v) is 5.96. The quantitative estimate of drug-likeness (QED) is 0.672. The smallest absolute Gasteiger partial charge is 0.335 e. The Balaban J connectivity index is 2.10. The number of H-pyrrole nitrogens is 1. The highest BCUT2D eigenvalue weighted by molar-refractivity contribution is 5.46. The van der Waals surface area contributed by atoms with Crippen molar-refractivity contribution < 1.29 is 19.3 Å². The zero-order chi connectivity index (χ0) is 20.3. The molecule has 8 heteroatoms. The molecule has 0 aliphatic carbocycles. The predicted octanol–water partition coefficient (Wildman–Crippen LogP) is 1.85. The Bertz CT molecular complexity index is 1120. The Hall–Kier alpha value is -3.68. The third-order valence-electron chi connectivity index (χ3n) is 4.32. The Morgan fingerprint density at radius 1 is 0.964 bits per heavy atom. The lowest BCUT2D eigenvalue weighted by Gasteiger charge is -2.13. The number of methoxy groups -OCH3 is 3. The van der Waals surface area contributed by atoms with E-state index in [9.17, 15) is 14.7 Å². The molecule has 2 aromatic carbocycles. The van der Waals surface area contributed by atoms with Gasteiger partial charge in [-0.15, -0.1) is 0 Å². The van der Waals surface area contributed by atoms with Crippen LogP contribution in [0.3, 0.4) is 0 Å². The largest absolute Gasteiger partial charge is 0.497 e. The molecule has 3 aromatic rings. The highest BCUT2D eigenvalue weighted by atomic mass is 16.5. The molecule has 8 nitrogen and oxygen atoms in total. The van der Waals surface area contributed by atoms with E-state index in [2.05, 4.69) is 4.98 Å². The van der Waals surface area contributed by atoms with E-state index in [0.29, 0.717) is 28.5 Å². The van der Waals surface area contributed by atoms with Crippen LogP contribution in [0.1, 0.15) is 11.1 Å². The third-order valence-corrected chi connectivity index (χ3v) is 4.32. The van der Waals surface area contributed by atoms with E-state index < -0.39 is 17.1 Å². The predicted molar refractivity (Wildman–Crippen MR) is 103 cm³/mol. The SMILES string of the molecule is COc1cccc(-n2c(O)c(Cc3ccc(OC)c(OC)c3)c(=O)[nH]c2=O)c1. The van der Waals surface area contributed by atoms with E-state index in [1.54, 1.807) is 42.5 Å². The van der Waals surface area contributed by atoms with Crippen molar-refractivity contribution in [3.05, 3.63) is 74.4 Å². The van der Waals surface area contributed by atoms with Crippen LogP contribution in [0, 0.1) is 0 Å². The van der Waals surface area contributed by atoms with Gasteiger partial charge >= 0.3 is 5.69 Å². The summed E-state index contributed by atoms with van der Waals surface area (Å²) >= 11 is 0. The van der Waals surface area contributed by atoms with Crippen LogP contribution < -0.4 is 25.5 Å². The second kappa shape index (κ2) is 7.91. The second-order valence-electron chi connectivity index (χ2n) is 5.96. The standard InChI is InChI=1S/C20H20N2O6/c1-26-14-6-4-5-13(11-14)22-19(24)15(18(23)21-20(22)25)9-12-7-8-16(27-2)17(10-12)28-3/h4-8,10-11,24H,9H2,1-3H3,(H,21,23,25). The van der Waals surface area contributed by atoms with Gasteiger partial charge in [-0.05, 0) is 29.8 Å². The van der Waals surface area contributed by atoms with E-state index in [1.807, 2.05) is 0 Å². The first-order chi connectivity index (χ1) is 13.5. The molecule has 0 unspecified atom stereocenters. The summed E-state index contributed by atoms with van der Waals surface area (Å²) in [6, 6.07) is 11.8. The Labute approximate surface area is 160 Å². The molecule has 0 spiro atoms. The summed E-state index contributed by atoms with van der Waals surface area (Å²) in [6.07, 6.45) is 0.0891. The van der Waals surface area contributed by atoms with Crippen LogP contribution in [0.25, 0.3) is 5.69 Å². The average Bonchev–Trinajstić information content (AvgIpc) is 2.71. The molecule has 146 valence electrons. The van der Waals surface area contributed by atoms with Gasteiger partial charge in [-0.3, -0.25) is 9.78 Å². The number of ether oxygens (including phenoxy) is 3. The summed E-state index contributed by atoms with van der Waals surface area (Å²) in [5.41, 5.74) is -0.279. The zero-order valence-electron chi connectivity index (χ0n) is 15.7.